The molecule has 2 aromatic rings. The Bertz CT molecular complexity index is 685. The van der Waals surface area contributed by atoms with Crippen molar-refractivity contribution in [1.29, 1.82) is 0 Å². The first-order valence-electron chi connectivity index (χ1n) is 7.09. The maximum Gasteiger partial charge on any atom is 0.339 e. The molecular weight excluding hydrogens is 280 g/mol. The van der Waals surface area contributed by atoms with Crippen LogP contribution in [-0.2, 0) is 17.6 Å². The van der Waals surface area contributed by atoms with Crippen LogP contribution in [-0.4, -0.2) is 30.0 Å². The molecule has 5 heteroatoms. The molecule has 5 nitrogen and oxygen atoms in total. The standard InChI is InChI=1S/C17H16N2O3/c1-22-17(21)13-6-7-15(18-10-13)16(20)19-14-8-11-4-2-3-5-12(11)9-14/h2-7,10,14H,8-9H2,1H3,(H,19,20). The molecule has 0 unspecified atom stereocenters. The number of carbonyl (C=O) groups is 2. The molecule has 0 fully saturated rings. The lowest BCUT2D eigenvalue weighted by Crippen LogP contribution is -2.35. The number of amides is 1. The molecule has 1 amide bonds. The Hall–Kier alpha value is -2.69. The molecule has 1 aliphatic rings. The van der Waals surface area contributed by atoms with Crippen LogP contribution in [0.25, 0.3) is 0 Å². The molecule has 0 aliphatic heterocycles. The average Bonchev–Trinajstić information content (AvgIpc) is 2.96. The molecular formula is C17H16N2O3. The largest absolute Gasteiger partial charge is 0.465 e. The fourth-order valence-electron chi connectivity index (χ4n) is 2.69. The number of hydrogen-bond acceptors (Lipinski definition) is 4. The van der Waals surface area contributed by atoms with E-state index in [9.17, 15) is 9.59 Å². The Morgan fingerprint density at radius 2 is 1.82 bits per heavy atom. The molecule has 1 aliphatic carbocycles. The minimum Gasteiger partial charge on any atom is -0.465 e. The number of esters is 1. The van der Waals surface area contributed by atoms with E-state index in [2.05, 4.69) is 27.2 Å². The van der Waals surface area contributed by atoms with Crippen LogP contribution in [0.15, 0.2) is 42.6 Å². The van der Waals surface area contributed by atoms with Crippen molar-refractivity contribution in [2.75, 3.05) is 7.11 Å². The van der Waals surface area contributed by atoms with Gasteiger partial charge in [0.2, 0.25) is 0 Å². The lowest BCUT2D eigenvalue weighted by atomic mass is 10.1. The minimum atomic E-state index is -0.467. The zero-order chi connectivity index (χ0) is 15.5. The summed E-state index contributed by atoms with van der Waals surface area (Å²) >= 11 is 0. The van der Waals surface area contributed by atoms with E-state index in [1.165, 1.54) is 36.6 Å². The SMILES string of the molecule is COC(=O)c1ccc(C(=O)NC2Cc3ccccc3C2)nc1. The Morgan fingerprint density at radius 3 is 2.36 bits per heavy atom. The van der Waals surface area contributed by atoms with Gasteiger partial charge in [-0.3, -0.25) is 9.78 Å². The molecule has 1 N–H and O–H groups in total. The molecule has 1 heterocycles. The van der Waals surface area contributed by atoms with Crippen LogP contribution in [0, 0.1) is 0 Å². The number of methoxy groups -OCH3 is 1. The number of ether oxygens (including phenoxy) is 1. The first-order chi connectivity index (χ1) is 10.7. The van der Waals surface area contributed by atoms with Gasteiger partial charge in [-0.25, -0.2) is 4.79 Å². The molecule has 22 heavy (non-hydrogen) atoms. The first kappa shape index (κ1) is 14.3. The Balaban J connectivity index is 1.65. The van der Waals surface area contributed by atoms with Crippen molar-refractivity contribution in [3.05, 3.63) is 65.0 Å². The van der Waals surface area contributed by atoms with Crippen LogP contribution in [0.5, 0.6) is 0 Å². The number of pyridine rings is 1. The van der Waals surface area contributed by atoms with E-state index in [0.717, 1.165) is 12.8 Å². The van der Waals surface area contributed by atoms with E-state index in [4.69, 9.17) is 0 Å². The number of rotatable bonds is 3. The summed E-state index contributed by atoms with van der Waals surface area (Å²) in [6, 6.07) is 11.4. The van der Waals surface area contributed by atoms with Gasteiger partial charge in [-0.1, -0.05) is 24.3 Å². The minimum absolute atomic E-state index is 0.0898. The molecule has 0 saturated heterocycles. The maximum absolute atomic E-state index is 12.2. The fourth-order valence-corrected chi connectivity index (χ4v) is 2.69. The Labute approximate surface area is 128 Å². The molecule has 112 valence electrons. The van der Waals surface area contributed by atoms with Gasteiger partial charge in [0.25, 0.3) is 5.91 Å². The van der Waals surface area contributed by atoms with Crippen molar-refractivity contribution < 1.29 is 14.3 Å². The Kier molecular flexibility index (Phi) is 3.87. The van der Waals surface area contributed by atoms with Crippen LogP contribution in [0.1, 0.15) is 32.0 Å². The molecule has 0 bridgehead atoms. The van der Waals surface area contributed by atoms with Crippen LogP contribution in [0.2, 0.25) is 0 Å². The predicted molar refractivity (Wildman–Crippen MR) is 80.7 cm³/mol. The number of aromatic nitrogens is 1. The van der Waals surface area contributed by atoms with Gasteiger partial charge in [0.15, 0.2) is 0 Å². The van der Waals surface area contributed by atoms with Crippen molar-refractivity contribution in [2.24, 2.45) is 0 Å². The monoisotopic (exact) mass is 296 g/mol. The predicted octanol–water partition coefficient (Wildman–Crippen LogP) is 1.77. The second-order valence-electron chi connectivity index (χ2n) is 5.27. The summed E-state index contributed by atoms with van der Waals surface area (Å²) in [5.74, 6) is -0.695. The van der Waals surface area contributed by atoms with Gasteiger partial charge in [-0.2, -0.15) is 0 Å². The van der Waals surface area contributed by atoms with Gasteiger partial charge in [0.05, 0.1) is 12.7 Å². The number of fused-ring (bicyclic) bond motifs is 1. The van der Waals surface area contributed by atoms with Crippen molar-refractivity contribution in [1.82, 2.24) is 10.3 Å². The van der Waals surface area contributed by atoms with E-state index >= 15 is 0 Å². The van der Waals surface area contributed by atoms with Gasteiger partial charge in [-0.05, 0) is 36.1 Å². The van der Waals surface area contributed by atoms with Crippen LogP contribution in [0.4, 0.5) is 0 Å². The summed E-state index contributed by atoms with van der Waals surface area (Å²) in [5, 5.41) is 2.99. The van der Waals surface area contributed by atoms with Crippen LogP contribution >= 0.6 is 0 Å². The lowest BCUT2D eigenvalue weighted by molar-refractivity contribution is 0.0599. The number of benzene rings is 1. The summed E-state index contributed by atoms with van der Waals surface area (Å²) in [4.78, 5) is 27.6. The van der Waals surface area contributed by atoms with Gasteiger partial charge < -0.3 is 10.1 Å². The summed E-state index contributed by atoms with van der Waals surface area (Å²) in [6.45, 7) is 0. The molecule has 1 aromatic heterocycles. The van der Waals surface area contributed by atoms with Crippen molar-refractivity contribution in [3.63, 3.8) is 0 Å². The first-order valence-corrected chi connectivity index (χ1v) is 7.09. The zero-order valence-electron chi connectivity index (χ0n) is 12.2. The summed E-state index contributed by atoms with van der Waals surface area (Å²) in [5.41, 5.74) is 3.18. The smallest absolute Gasteiger partial charge is 0.339 e. The molecule has 3 rings (SSSR count). The third-order valence-corrected chi connectivity index (χ3v) is 3.80. The van der Waals surface area contributed by atoms with Crippen LogP contribution in [0.3, 0.4) is 0 Å². The van der Waals surface area contributed by atoms with Crippen molar-refractivity contribution in [3.8, 4) is 0 Å². The normalized spacial score (nSPS) is 13.5. The van der Waals surface area contributed by atoms with E-state index in [1.54, 1.807) is 0 Å². The highest BCUT2D eigenvalue weighted by Gasteiger charge is 2.23. The molecule has 0 spiro atoms. The average molecular weight is 296 g/mol. The summed E-state index contributed by atoms with van der Waals surface area (Å²) < 4.78 is 4.60. The topological polar surface area (TPSA) is 68.3 Å². The summed E-state index contributed by atoms with van der Waals surface area (Å²) in [7, 11) is 1.31. The molecule has 0 saturated carbocycles. The highest BCUT2D eigenvalue weighted by atomic mass is 16.5. The van der Waals surface area contributed by atoms with Gasteiger partial charge in [0, 0.05) is 12.2 Å². The fraction of sp³-hybridized carbons (Fsp3) is 0.235. The third kappa shape index (κ3) is 2.83. The third-order valence-electron chi connectivity index (χ3n) is 3.80. The number of hydrogen-bond donors (Lipinski definition) is 1. The van der Waals surface area contributed by atoms with E-state index in [1.807, 2.05) is 12.1 Å². The van der Waals surface area contributed by atoms with Crippen molar-refractivity contribution >= 4 is 11.9 Å². The van der Waals surface area contributed by atoms with Gasteiger partial charge >= 0.3 is 5.97 Å². The second kappa shape index (κ2) is 5.97. The Morgan fingerprint density at radius 1 is 1.14 bits per heavy atom. The summed E-state index contributed by atoms with van der Waals surface area (Å²) in [6.07, 6.45) is 3.02. The van der Waals surface area contributed by atoms with Crippen LogP contribution < -0.4 is 5.32 Å². The van der Waals surface area contributed by atoms with Gasteiger partial charge in [-0.15, -0.1) is 0 Å². The molecule has 0 atom stereocenters. The quantitative estimate of drug-likeness (QED) is 0.876. The zero-order valence-corrected chi connectivity index (χ0v) is 12.2. The second-order valence-corrected chi connectivity index (χ2v) is 5.27. The number of carbonyl (C=O) groups excluding carboxylic acids is 2. The number of nitrogens with zero attached hydrogens (tertiary/aromatic N) is 1. The highest BCUT2D eigenvalue weighted by Crippen LogP contribution is 2.21. The van der Waals surface area contributed by atoms with E-state index < -0.39 is 5.97 Å². The highest BCUT2D eigenvalue weighted by molar-refractivity contribution is 5.94. The van der Waals surface area contributed by atoms with Gasteiger partial charge in [0.1, 0.15) is 5.69 Å². The van der Waals surface area contributed by atoms with Crippen molar-refractivity contribution in [2.45, 2.75) is 18.9 Å². The maximum atomic E-state index is 12.2. The molecule has 0 radical (unpaired) electrons. The van der Waals surface area contributed by atoms with E-state index in [-0.39, 0.29) is 11.9 Å². The molecule has 1 aromatic carbocycles. The number of nitrogens with one attached hydrogen (secondary N) is 1. The lowest BCUT2D eigenvalue weighted by Gasteiger charge is -2.11. The van der Waals surface area contributed by atoms with E-state index in [0.29, 0.717) is 11.3 Å².